The minimum Gasteiger partial charge on any atom is -0.314 e. The zero-order chi connectivity index (χ0) is 12.0. The molecule has 0 amide bonds. The van der Waals surface area contributed by atoms with E-state index in [1.165, 1.54) is 32.1 Å². The Kier molecular flexibility index (Phi) is 5.68. The third-order valence-corrected chi connectivity index (χ3v) is 3.70. The highest BCUT2D eigenvalue weighted by Crippen LogP contribution is 2.13. The zero-order valence-corrected chi connectivity index (χ0v) is 11.0. The quantitative estimate of drug-likeness (QED) is 0.629. The molecular formula is C10H23N3O2S. The molecule has 0 aliphatic carbocycles. The highest BCUT2D eigenvalue weighted by Gasteiger charge is 2.17. The van der Waals surface area contributed by atoms with Gasteiger partial charge >= 0.3 is 0 Å². The summed E-state index contributed by atoms with van der Waals surface area (Å²) in [6.45, 7) is 3.28. The largest absolute Gasteiger partial charge is 0.314 e. The Morgan fingerprint density at radius 3 is 2.69 bits per heavy atom. The molecule has 2 N–H and O–H groups in total. The van der Waals surface area contributed by atoms with E-state index in [0.29, 0.717) is 19.1 Å². The lowest BCUT2D eigenvalue weighted by Gasteiger charge is -2.32. The van der Waals surface area contributed by atoms with Crippen molar-refractivity contribution in [2.24, 2.45) is 0 Å². The lowest BCUT2D eigenvalue weighted by Crippen LogP contribution is -2.44. The predicted octanol–water partition coefficient (Wildman–Crippen LogP) is -0.390. The summed E-state index contributed by atoms with van der Waals surface area (Å²) in [5.74, 6) is 0. The molecule has 0 aromatic carbocycles. The second kappa shape index (κ2) is 6.54. The Morgan fingerprint density at radius 1 is 1.31 bits per heavy atom. The van der Waals surface area contributed by atoms with Crippen LogP contribution in [0.25, 0.3) is 0 Å². The summed E-state index contributed by atoms with van der Waals surface area (Å²) in [5, 5.41) is 3.29. The lowest BCUT2D eigenvalue weighted by atomic mass is 10.0. The van der Waals surface area contributed by atoms with Crippen molar-refractivity contribution in [3.8, 4) is 0 Å². The Balaban J connectivity index is 2.06. The van der Waals surface area contributed by atoms with Crippen LogP contribution < -0.4 is 10.0 Å². The molecule has 5 nitrogen and oxygen atoms in total. The van der Waals surface area contributed by atoms with Crippen LogP contribution in [-0.4, -0.2) is 58.8 Å². The van der Waals surface area contributed by atoms with Crippen molar-refractivity contribution < 1.29 is 8.42 Å². The van der Waals surface area contributed by atoms with Crippen LogP contribution in [0.4, 0.5) is 0 Å². The van der Waals surface area contributed by atoms with Crippen molar-refractivity contribution in [1.82, 2.24) is 14.9 Å². The summed E-state index contributed by atoms with van der Waals surface area (Å²) in [6.07, 6.45) is 5.02. The van der Waals surface area contributed by atoms with Crippen molar-refractivity contribution in [2.75, 3.05) is 39.5 Å². The molecule has 0 bridgehead atoms. The third-order valence-electron chi connectivity index (χ3n) is 2.97. The number of hydrogen-bond donors (Lipinski definition) is 2. The summed E-state index contributed by atoms with van der Waals surface area (Å²) in [5.41, 5.74) is 0. The van der Waals surface area contributed by atoms with E-state index in [2.05, 4.69) is 22.0 Å². The molecule has 1 heterocycles. The Bertz CT molecular complexity index is 292. The fraction of sp³-hybridized carbons (Fsp3) is 1.00. The van der Waals surface area contributed by atoms with Crippen LogP contribution >= 0.6 is 0 Å². The summed E-state index contributed by atoms with van der Waals surface area (Å²) >= 11 is 0. The standard InChI is InChI=1S/C10H23N3O2S/c1-13-8-4-3-5-10(13)9-11-6-7-12-16(2,14)15/h10-12H,3-9H2,1-2H3. The maximum atomic E-state index is 10.8. The first-order valence-electron chi connectivity index (χ1n) is 5.84. The van der Waals surface area contributed by atoms with Gasteiger partial charge in [-0.2, -0.15) is 0 Å². The molecule has 1 aliphatic rings. The van der Waals surface area contributed by atoms with Gasteiger partial charge in [0.05, 0.1) is 6.26 Å². The highest BCUT2D eigenvalue weighted by atomic mass is 32.2. The van der Waals surface area contributed by atoms with Crippen LogP contribution in [-0.2, 0) is 10.0 Å². The van der Waals surface area contributed by atoms with Crippen molar-refractivity contribution in [3.63, 3.8) is 0 Å². The van der Waals surface area contributed by atoms with E-state index in [4.69, 9.17) is 0 Å². The van der Waals surface area contributed by atoms with Crippen LogP contribution in [0.3, 0.4) is 0 Å². The van der Waals surface area contributed by atoms with Gasteiger partial charge in [0.25, 0.3) is 0 Å². The molecule has 96 valence electrons. The molecule has 6 heteroatoms. The Hall–Kier alpha value is -0.170. The van der Waals surface area contributed by atoms with E-state index in [0.717, 1.165) is 6.54 Å². The van der Waals surface area contributed by atoms with E-state index in [1.807, 2.05) is 0 Å². The molecule has 1 saturated heterocycles. The fourth-order valence-corrected chi connectivity index (χ4v) is 2.47. The maximum absolute atomic E-state index is 10.8. The molecule has 1 rings (SSSR count). The van der Waals surface area contributed by atoms with Gasteiger partial charge in [0.1, 0.15) is 0 Å². The van der Waals surface area contributed by atoms with Crippen molar-refractivity contribution in [2.45, 2.75) is 25.3 Å². The normalized spacial score (nSPS) is 23.5. The lowest BCUT2D eigenvalue weighted by molar-refractivity contribution is 0.182. The molecule has 0 radical (unpaired) electrons. The van der Waals surface area contributed by atoms with Crippen LogP contribution in [0.2, 0.25) is 0 Å². The SMILES string of the molecule is CN1CCCCC1CNCCNS(C)(=O)=O. The van der Waals surface area contributed by atoms with Gasteiger partial charge < -0.3 is 10.2 Å². The Labute approximate surface area is 98.6 Å². The molecule has 0 aromatic heterocycles. The van der Waals surface area contributed by atoms with Crippen molar-refractivity contribution in [1.29, 1.82) is 0 Å². The zero-order valence-electron chi connectivity index (χ0n) is 10.2. The van der Waals surface area contributed by atoms with E-state index >= 15 is 0 Å². The third kappa shape index (κ3) is 5.79. The molecule has 1 fully saturated rings. The number of piperidine rings is 1. The minimum absolute atomic E-state index is 0.468. The van der Waals surface area contributed by atoms with Gasteiger partial charge in [-0.3, -0.25) is 0 Å². The minimum atomic E-state index is -3.04. The maximum Gasteiger partial charge on any atom is 0.208 e. The number of likely N-dealkylation sites (N-methyl/N-ethyl adjacent to an activating group) is 1. The number of hydrogen-bond acceptors (Lipinski definition) is 4. The van der Waals surface area contributed by atoms with Gasteiger partial charge in [0.2, 0.25) is 10.0 Å². The number of likely N-dealkylation sites (tertiary alicyclic amines) is 1. The van der Waals surface area contributed by atoms with Crippen LogP contribution in [0, 0.1) is 0 Å². The van der Waals surface area contributed by atoms with Crippen molar-refractivity contribution >= 4 is 10.0 Å². The van der Waals surface area contributed by atoms with Crippen LogP contribution in [0.5, 0.6) is 0 Å². The number of rotatable bonds is 6. The predicted molar refractivity (Wildman–Crippen MR) is 66.0 cm³/mol. The van der Waals surface area contributed by atoms with E-state index in [9.17, 15) is 8.42 Å². The molecular weight excluding hydrogens is 226 g/mol. The highest BCUT2D eigenvalue weighted by molar-refractivity contribution is 7.88. The van der Waals surface area contributed by atoms with Crippen molar-refractivity contribution in [3.05, 3.63) is 0 Å². The molecule has 16 heavy (non-hydrogen) atoms. The first kappa shape index (κ1) is 13.9. The summed E-state index contributed by atoms with van der Waals surface area (Å²) in [4.78, 5) is 2.38. The molecule has 1 unspecified atom stereocenters. The summed E-state index contributed by atoms with van der Waals surface area (Å²) in [7, 11) is -0.888. The average molecular weight is 249 g/mol. The van der Waals surface area contributed by atoms with E-state index in [1.54, 1.807) is 0 Å². The van der Waals surface area contributed by atoms with E-state index < -0.39 is 10.0 Å². The van der Waals surface area contributed by atoms with Gasteiger partial charge in [-0.05, 0) is 26.4 Å². The second-order valence-corrected chi connectivity index (χ2v) is 6.33. The topological polar surface area (TPSA) is 61.4 Å². The summed E-state index contributed by atoms with van der Waals surface area (Å²) in [6, 6.07) is 0.604. The molecule has 0 saturated carbocycles. The van der Waals surface area contributed by atoms with Crippen LogP contribution in [0.1, 0.15) is 19.3 Å². The number of nitrogens with zero attached hydrogens (tertiary/aromatic N) is 1. The molecule has 1 atom stereocenters. The van der Waals surface area contributed by atoms with Gasteiger partial charge in [-0.25, -0.2) is 13.1 Å². The van der Waals surface area contributed by atoms with Gasteiger partial charge in [0.15, 0.2) is 0 Å². The van der Waals surface area contributed by atoms with Crippen LogP contribution in [0.15, 0.2) is 0 Å². The molecule has 1 aliphatic heterocycles. The average Bonchev–Trinajstić information content (AvgIpc) is 2.18. The smallest absolute Gasteiger partial charge is 0.208 e. The summed E-state index contributed by atoms with van der Waals surface area (Å²) < 4.78 is 24.1. The number of nitrogens with one attached hydrogen (secondary N) is 2. The first-order chi connectivity index (χ1) is 7.49. The number of sulfonamides is 1. The monoisotopic (exact) mass is 249 g/mol. The Morgan fingerprint density at radius 2 is 2.06 bits per heavy atom. The van der Waals surface area contributed by atoms with Gasteiger partial charge in [0, 0.05) is 25.7 Å². The molecule has 0 spiro atoms. The first-order valence-corrected chi connectivity index (χ1v) is 7.74. The van der Waals surface area contributed by atoms with Gasteiger partial charge in [-0.15, -0.1) is 0 Å². The fourth-order valence-electron chi connectivity index (χ4n) is 2.00. The molecule has 0 aromatic rings. The second-order valence-electron chi connectivity index (χ2n) is 4.50. The van der Waals surface area contributed by atoms with E-state index in [-0.39, 0.29) is 0 Å². The van der Waals surface area contributed by atoms with Gasteiger partial charge in [-0.1, -0.05) is 6.42 Å².